The van der Waals surface area contributed by atoms with Crippen LogP contribution in [0.5, 0.6) is 0 Å². The Morgan fingerprint density at radius 3 is 2.69 bits per heavy atom. The maximum Gasteiger partial charge on any atom is 0.150 e. The standard InChI is InChI=1S/C19H14F2N8/c1-10(27-18-14(7-22)17(23)25-9-26-18)19-28-15-8-24-3-2-16(15)29(19)13-5-11(20)4-12(21)6-13/h2-6,8-10H,1H3,(H3,23,25,26,27)/t10-/m0/s1. The third kappa shape index (κ3) is 3.29. The number of benzene rings is 1. The predicted molar refractivity (Wildman–Crippen MR) is 102 cm³/mol. The number of anilines is 2. The van der Waals surface area contributed by atoms with E-state index in [1.807, 2.05) is 6.07 Å². The minimum absolute atomic E-state index is 0.0436. The van der Waals surface area contributed by atoms with E-state index >= 15 is 0 Å². The molecule has 10 heteroatoms. The van der Waals surface area contributed by atoms with Gasteiger partial charge in [-0.15, -0.1) is 0 Å². The Balaban J connectivity index is 1.86. The lowest BCUT2D eigenvalue weighted by Gasteiger charge is -2.18. The van der Waals surface area contributed by atoms with Crippen LogP contribution in [-0.2, 0) is 0 Å². The first-order valence-corrected chi connectivity index (χ1v) is 8.54. The van der Waals surface area contributed by atoms with Crippen LogP contribution in [0.2, 0.25) is 0 Å². The van der Waals surface area contributed by atoms with Crippen molar-refractivity contribution in [3.63, 3.8) is 0 Å². The van der Waals surface area contributed by atoms with Crippen molar-refractivity contribution in [2.24, 2.45) is 0 Å². The average molecular weight is 392 g/mol. The molecule has 0 aliphatic heterocycles. The molecule has 0 aliphatic carbocycles. The van der Waals surface area contributed by atoms with Crippen molar-refractivity contribution in [2.45, 2.75) is 13.0 Å². The molecule has 4 aromatic rings. The number of fused-ring (bicyclic) bond motifs is 1. The summed E-state index contributed by atoms with van der Waals surface area (Å²) in [7, 11) is 0. The van der Waals surface area contributed by atoms with E-state index in [0.29, 0.717) is 16.9 Å². The summed E-state index contributed by atoms with van der Waals surface area (Å²) < 4.78 is 29.4. The molecule has 0 aliphatic rings. The summed E-state index contributed by atoms with van der Waals surface area (Å²) in [5.74, 6) is -0.702. The first-order chi connectivity index (χ1) is 14.0. The van der Waals surface area contributed by atoms with Gasteiger partial charge in [0, 0.05) is 12.3 Å². The molecule has 3 N–H and O–H groups in total. The number of halogens is 2. The molecule has 1 aromatic carbocycles. The van der Waals surface area contributed by atoms with Crippen molar-refractivity contribution >= 4 is 22.7 Å². The molecule has 0 saturated carbocycles. The molecule has 3 aromatic heterocycles. The number of nitrogens with zero attached hydrogens (tertiary/aromatic N) is 6. The molecule has 3 heterocycles. The number of pyridine rings is 1. The molecule has 144 valence electrons. The number of nitrogen functional groups attached to an aromatic ring is 1. The maximum absolute atomic E-state index is 13.9. The number of nitrogens with two attached hydrogens (primary N) is 1. The number of nitriles is 1. The summed E-state index contributed by atoms with van der Waals surface area (Å²) in [4.78, 5) is 16.5. The number of rotatable bonds is 4. The Morgan fingerprint density at radius 1 is 1.21 bits per heavy atom. The number of aromatic nitrogens is 5. The second-order valence-corrected chi connectivity index (χ2v) is 6.26. The van der Waals surface area contributed by atoms with Gasteiger partial charge in [-0.3, -0.25) is 9.55 Å². The molecule has 0 bridgehead atoms. The molecule has 4 rings (SSSR count). The van der Waals surface area contributed by atoms with Crippen molar-refractivity contribution in [2.75, 3.05) is 11.1 Å². The molecular weight excluding hydrogens is 378 g/mol. The second-order valence-electron chi connectivity index (χ2n) is 6.26. The Labute approximate surface area is 163 Å². The fourth-order valence-corrected chi connectivity index (χ4v) is 3.07. The number of hydrogen-bond acceptors (Lipinski definition) is 7. The van der Waals surface area contributed by atoms with Gasteiger partial charge in [-0.1, -0.05) is 0 Å². The minimum Gasteiger partial charge on any atom is -0.382 e. The molecule has 0 fully saturated rings. The van der Waals surface area contributed by atoms with E-state index in [9.17, 15) is 14.0 Å². The summed E-state index contributed by atoms with van der Waals surface area (Å²) in [6, 6.07) is 6.38. The van der Waals surface area contributed by atoms with Gasteiger partial charge in [0.25, 0.3) is 0 Å². The third-order valence-electron chi connectivity index (χ3n) is 4.32. The monoisotopic (exact) mass is 392 g/mol. The number of hydrogen-bond donors (Lipinski definition) is 2. The lowest BCUT2D eigenvalue weighted by atomic mass is 10.2. The van der Waals surface area contributed by atoms with Gasteiger partial charge in [0.1, 0.15) is 52.6 Å². The first-order valence-electron chi connectivity index (χ1n) is 8.54. The van der Waals surface area contributed by atoms with Crippen molar-refractivity contribution < 1.29 is 8.78 Å². The van der Waals surface area contributed by atoms with E-state index in [-0.39, 0.29) is 22.9 Å². The zero-order valence-electron chi connectivity index (χ0n) is 15.1. The molecular formula is C19H14F2N8. The topological polar surface area (TPSA) is 118 Å². The van der Waals surface area contributed by atoms with E-state index in [0.717, 1.165) is 6.07 Å². The normalized spacial score (nSPS) is 11.9. The van der Waals surface area contributed by atoms with Gasteiger partial charge in [-0.05, 0) is 25.1 Å². The summed E-state index contributed by atoms with van der Waals surface area (Å²) in [6.45, 7) is 1.78. The van der Waals surface area contributed by atoms with Crippen molar-refractivity contribution in [1.82, 2.24) is 24.5 Å². The third-order valence-corrected chi connectivity index (χ3v) is 4.32. The maximum atomic E-state index is 13.9. The SMILES string of the molecule is C[C@H](Nc1ncnc(N)c1C#N)c1nc2cnccc2n1-c1cc(F)cc(F)c1. The lowest BCUT2D eigenvalue weighted by Crippen LogP contribution is -2.15. The summed E-state index contributed by atoms with van der Waals surface area (Å²) in [6.07, 6.45) is 4.36. The Morgan fingerprint density at radius 2 is 1.97 bits per heavy atom. The van der Waals surface area contributed by atoms with Crippen molar-refractivity contribution in [1.29, 1.82) is 5.26 Å². The summed E-state index contributed by atoms with van der Waals surface area (Å²) in [5.41, 5.74) is 7.27. The van der Waals surface area contributed by atoms with Crippen LogP contribution >= 0.6 is 0 Å². The Kier molecular flexibility index (Phi) is 4.48. The minimum atomic E-state index is -0.710. The highest BCUT2D eigenvalue weighted by molar-refractivity contribution is 5.77. The molecule has 0 amide bonds. The van der Waals surface area contributed by atoms with Crippen LogP contribution in [0.15, 0.2) is 43.0 Å². The number of nitrogens with one attached hydrogen (secondary N) is 1. The predicted octanol–water partition coefficient (Wildman–Crippen LogP) is 3.12. The van der Waals surface area contributed by atoms with Crippen LogP contribution in [0.25, 0.3) is 16.7 Å². The fourth-order valence-electron chi connectivity index (χ4n) is 3.07. The second kappa shape index (κ2) is 7.12. The van der Waals surface area contributed by atoms with Crippen molar-refractivity contribution in [3.05, 3.63) is 66.0 Å². The largest absolute Gasteiger partial charge is 0.382 e. The molecule has 8 nitrogen and oxygen atoms in total. The van der Waals surface area contributed by atoms with E-state index in [4.69, 9.17) is 5.73 Å². The van der Waals surface area contributed by atoms with Gasteiger partial charge < -0.3 is 11.1 Å². The van der Waals surface area contributed by atoms with E-state index < -0.39 is 17.7 Å². The van der Waals surface area contributed by atoms with Gasteiger partial charge in [-0.2, -0.15) is 5.26 Å². The molecule has 1 atom stereocenters. The van der Waals surface area contributed by atoms with Crippen LogP contribution in [-0.4, -0.2) is 24.5 Å². The van der Waals surface area contributed by atoms with E-state index in [1.54, 1.807) is 30.0 Å². The highest BCUT2D eigenvalue weighted by Gasteiger charge is 2.21. The summed E-state index contributed by atoms with van der Waals surface area (Å²) >= 11 is 0. The van der Waals surface area contributed by atoms with Gasteiger partial charge in [0.05, 0.1) is 23.4 Å². The van der Waals surface area contributed by atoms with Crippen LogP contribution in [0, 0.1) is 23.0 Å². The molecule has 0 unspecified atom stereocenters. The van der Waals surface area contributed by atoms with Gasteiger partial charge in [-0.25, -0.2) is 23.7 Å². The van der Waals surface area contributed by atoms with Crippen molar-refractivity contribution in [3.8, 4) is 11.8 Å². The molecule has 0 spiro atoms. The van der Waals surface area contributed by atoms with E-state index in [2.05, 4.69) is 25.3 Å². The quantitative estimate of drug-likeness (QED) is 0.548. The average Bonchev–Trinajstić information content (AvgIpc) is 3.07. The molecule has 0 radical (unpaired) electrons. The van der Waals surface area contributed by atoms with Crippen LogP contribution in [0.1, 0.15) is 24.4 Å². The first kappa shape index (κ1) is 18.2. The van der Waals surface area contributed by atoms with Crippen LogP contribution in [0.4, 0.5) is 20.4 Å². The lowest BCUT2D eigenvalue weighted by molar-refractivity contribution is 0.581. The number of imidazole rings is 1. The zero-order valence-corrected chi connectivity index (χ0v) is 15.1. The van der Waals surface area contributed by atoms with Gasteiger partial charge in [0.15, 0.2) is 0 Å². The molecule has 0 saturated heterocycles. The zero-order chi connectivity index (χ0) is 20.5. The van der Waals surface area contributed by atoms with Crippen LogP contribution in [0.3, 0.4) is 0 Å². The highest BCUT2D eigenvalue weighted by atomic mass is 19.1. The fraction of sp³-hybridized carbons (Fsp3) is 0.105. The highest BCUT2D eigenvalue weighted by Crippen LogP contribution is 2.28. The van der Waals surface area contributed by atoms with E-state index in [1.165, 1.54) is 18.5 Å². The van der Waals surface area contributed by atoms with Gasteiger partial charge in [0.2, 0.25) is 0 Å². The Bertz CT molecular complexity index is 1240. The Hall–Kier alpha value is -4.13. The van der Waals surface area contributed by atoms with Gasteiger partial charge >= 0.3 is 0 Å². The summed E-state index contributed by atoms with van der Waals surface area (Å²) in [5, 5.41) is 12.4. The van der Waals surface area contributed by atoms with Crippen LogP contribution < -0.4 is 11.1 Å². The molecule has 29 heavy (non-hydrogen) atoms. The smallest absolute Gasteiger partial charge is 0.150 e.